The molecule has 18 heavy (non-hydrogen) atoms. The second-order valence-electron chi connectivity index (χ2n) is 3.94. The smallest absolute Gasteiger partial charge is 0.337 e. The number of halogens is 1. The van der Waals surface area contributed by atoms with Crippen LogP contribution in [0.4, 0.5) is 11.4 Å². The normalized spacial score (nSPS) is 10.1. The first-order valence-electron chi connectivity index (χ1n) is 5.43. The van der Waals surface area contributed by atoms with Crippen LogP contribution in [-0.4, -0.2) is 11.1 Å². The molecule has 3 nitrogen and oxygen atoms in total. The number of carboxylic acid groups (broad SMARTS) is 1. The van der Waals surface area contributed by atoms with Crippen molar-refractivity contribution in [3.05, 3.63) is 58.1 Å². The molecule has 0 atom stereocenters. The number of anilines is 2. The first-order chi connectivity index (χ1) is 8.58. The highest BCUT2D eigenvalue weighted by atomic mass is 79.9. The Kier molecular flexibility index (Phi) is 3.67. The summed E-state index contributed by atoms with van der Waals surface area (Å²) in [6.07, 6.45) is 0. The molecular weight excluding hydrogens is 294 g/mol. The second kappa shape index (κ2) is 5.23. The Bertz CT molecular complexity index is 596. The lowest BCUT2D eigenvalue weighted by molar-refractivity contribution is 0.0698. The molecule has 2 aromatic rings. The summed E-state index contributed by atoms with van der Waals surface area (Å²) in [6, 6.07) is 12.6. The summed E-state index contributed by atoms with van der Waals surface area (Å²) in [4.78, 5) is 11.1. The van der Waals surface area contributed by atoms with Gasteiger partial charge < -0.3 is 10.4 Å². The molecule has 0 radical (unpaired) electrons. The van der Waals surface area contributed by atoms with Crippen molar-refractivity contribution >= 4 is 33.3 Å². The lowest BCUT2D eigenvalue weighted by atomic mass is 10.1. The highest BCUT2D eigenvalue weighted by Gasteiger charge is 2.09. The van der Waals surface area contributed by atoms with Crippen LogP contribution in [0.15, 0.2) is 46.9 Å². The number of rotatable bonds is 3. The number of aryl methyl sites for hydroxylation is 1. The number of carboxylic acids is 1. The second-order valence-corrected chi connectivity index (χ2v) is 4.79. The zero-order chi connectivity index (χ0) is 13.1. The van der Waals surface area contributed by atoms with Gasteiger partial charge in [-0.3, -0.25) is 0 Å². The summed E-state index contributed by atoms with van der Waals surface area (Å²) in [5, 5.41) is 12.2. The Hall–Kier alpha value is -1.81. The van der Waals surface area contributed by atoms with Crippen LogP contribution in [0.2, 0.25) is 0 Å². The van der Waals surface area contributed by atoms with Crippen LogP contribution >= 0.6 is 15.9 Å². The summed E-state index contributed by atoms with van der Waals surface area (Å²) in [5.74, 6) is -0.940. The first kappa shape index (κ1) is 12.6. The standard InChI is InChI=1S/C14H12BrNO2/c1-9-6-7-10(8-12(9)15)16-13-5-3-2-4-11(13)14(17)18/h2-8,16H,1H3,(H,17,18). The molecule has 0 aliphatic carbocycles. The van der Waals surface area contributed by atoms with Crippen molar-refractivity contribution in [2.24, 2.45) is 0 Å². The van der Waals surface area contributed by atoms with Crippen molar-refractivity contribution in [2.75, 3.05) is 5.32 Å². The van der Waals surface area contributed by atoms with Gasteiger partial charge in [0.05, 0.1) is 11.3 Å². The van der Waals surface area contributed by atoms with Gasteiger partial charge in [-0.15, -0.1) is 0 Å². The fraction of sp³-hybridized carbons (Fsp3) is 0.0714. The van der Waals surface area contributed by atoms with Crippen LogP contribution in [-0.2, 0) is 0 Å². The molecule has 0 bridgehead atoms. The third-order valence-electron chi connectivity index (χ3n) is 2.61. The number of aromatic carboxylic acids is 1. The zero-order valence-corrected chi connectivity index (χ0v) is 11.4. The van der Waals surface area contributed by atoms with Gasteiger partial charge in [-0.05, 0) is 36.8 Å². The van der Waals surface area contributed by atoms with Crippen molar-refractivity contribution in [1.82, 2.24) is 0 Å². The molecule has 0 unspecified atom stereocenters. The van der Waals surface area contributed by atoms with Crippen molar-refractivity contribution in [2.45, 2.75) is 6.92 Å². The van der Waals surface area contributed by atoms with Crippen LogP contribution in [0.3, 0.4) is 0 Å². The Balaban J connectivity index is 2.34. The molecule has 0 heterocycles. The highest BCUT2D eigenvalue weighted by Crippen LogP contribution is 2.25. The zero-order valence-electron chi connectivity index (χ0n) is 9.77. The number of para-hydroxylation sites is 1. The molecule has 0 amide bonds. The molecule has 4 heteroatoms. The van der Waals surface area contributed by atoms with E-state index in [1.165, 1.54) is 0 Å². The van der Waals surface area contributed by atoms with E-state index in [4.69, 9.17) is 5.11 Å². The van der Waals surface area contributed by atoms with Gasteiger partial charge >= 0.3 is 5.97 Å². The third-order valence-corrected chi connectivity index (χ3v) is 3.46. The average molecular weight is 306 g/mol. The topological polar surface area (TPSA) is 49.3 Å². The van der Waals surface area contributed by atoms with E-state index < -0.39 is 5.97 Å². The van der Waals surface area contributed by atoms with E-state index >= 15 is 0 Å². The van der Waals surface area contributed by atoms with Gasteiger partial charge in [0, 0.05) is 10.2 Å². The highest BCUT2D eigenvalue weighted by molar-refractivity contribution is 9.10. The largest absolute Gasteiger partial charge is 0.478 e. The number of benzene rings is 2. The SMILES string of the molecule is Cc1ccc(Nc2ccccc2C(=O)O)cc1Br. The maximum Gasteiger partial charge on any atom is 0.337 e. The fourth-order valence-electron chi connectivity index (χ4n) is 1.60. The Morgan fingerprint density at radius 1 is 1.22 bits per heavy atom. The van der Waals surface area contributed by atoms with Crippen LogP contribution in [0, 0.1) is 6.92 Å². The van der Waals surface area contributed by atoms with Gasteiger partial charge in [0.1, 0.15) is 0 Å². The molecule has 0 saturated heterocycles. The molecular formula is C14H12BrNO2. The van der Waals surface area contributed by atoms with Crippen LogP contribution in [0.5, 0.6) is 0 Å². The van der Waals surface area contributed by atoms with Crippen LogP contribution in [0.1, 0.15) is 15.9 Å². The van der Waals surface area contributed by atoms with E-state index in [1.807, 2.05) is 25.1 Å². The quantitative estimate of drug-likeness (QED) is 0.893. The van der Waals surface area contributed by atoms with Crippen molar-refractivity contribution in [1.29, 1.82) is 0 Å². The van der Waals surface area contributed by atoms with Gasteiger partial charge in [-0.25, -0.2) is 4.79 Å². The fourth-order valence-corrected chi connectivity index (χ4v) is 1.98. The van der Waals surface area contributed by atoms with Crippen LogP contribution < -0.4 is 5.32 Å². The molecule has 2 aromatic carbocycles. The molecule has 0 saturated carbocycles. The number of nitrogens with one attached hydrogen (secondary N) is 1. The molecule has 2 N–H and O–H groups in total. The first-order valence-corrected chi connectivity index (χ1v) is 6.23. The maximum absolute atomic E-state index is 11.1. The molecule has 2 rings (SSSR count). The van der Waals surface area contributed by atoms with E-state index in [1.54, 1.807) is 24.3 Å². The van der Waals surface area contributed by atoms with Crippen molar-refractivity contribution < 1.29 is 9.90 Å². The summed E-state index contributed by atoms with van der Waals surface area (Å²) in [7, 11) is 0. The Morgan fingerprint density at radius 2 is 1.94 bits per heavy atom. The van der Waals surface area contributed by atoms with E-state index in [0.717, 1.165) is 15.7 Å². The lowest BCUT2D eigenvalue weighted by Crippen LogP contribution is -2.02. The monoisotopic (exact) mass is 305 g/mol. The van der Waals surface area contributed by atoms with Gasteiger partial charge in [0.25, 0.3) is 0 Å². The predicted molar refractivity (Wildman–Crippen MR) is 75.6 cm³/mol. The molecule has 92 valence electrons. The lowest BCUT2D eigenvalue weighted by Gasteiger charge is -2.10. The molecule has 0 aliphatic rings. The number of hydrogen-bond acceptors (Lipinski definition) is 2. The van der Waals surface area contributed by atoms with Crippen molar-refractivity contribution in [3.63, 3.8) is 0 Å². The minimum atomic E-state index is -0.940. The Morgan fingerprint density at radius 3 is 2.61 bits per heavy atom. The van der Waals surface area contributed by atoms with Crippen molar-refractivity contribution in [3.8, 4) is 0 Å². The summed E-state index contributed by atoms with van der Waals surface area (Å²) >= 11 is 3.45. The predicted octanol–water partition coefficient (Wildman–Crippen LogP) is 4.20. The van der Waals surface area contributed by atoms with Gasteiger partial charge in [-0.1, -0.05) is 34.1 Å². The minimum absolute atomic E-state index is 0.259. The summed E-state index contributed by atoms with van der Waals surface area (Å²) < 4.78 is 0.986. The van der Waals surface area contributed by atoms with Gasteiger partial charge in [0.2, 0.25) is 0 Å². The van der Waals surface area contributed by atoms with Gasteiger partial charge in [-0.2, -0.15) is 0 Å². The van der Waals surface area contributed by atoms with Gasteiger partial charge in [0.15, 0.2) is 0 Å². The van der Waals surface area contributed by atoms with E-state index in [2.05, 4.69) is 21.2 Å². The molecule has 0 spiro atoms. The average Bonchev–Trinajstić information content (AvgIpc) is 2.34. The minimum Gasteiger partial charge on any atom is -0.478 e. The molecule has 0 fully saturated rings. The summed E-state index contributed by atoms with van der Waals surface area (Å²) in [6.45, 7) is 2.00. The third kappa shape index (κ3) is 2.71. The summed E-state index contributed by atoms with van der Waals surface area (Å²) in [5.41, 5.74) is 2.82. The molecule has 0 aliphatic heterocycles. The Labute approximate surface area is 114 Å². The van der Waals surface area contributed by atoms with E-state index in [-0.39, 0.29) is 5.56 Å². The number of carbonyl (C=O) groups is 1. The number of hydrogen-bond donors (Lipinski definition) is 2. The molecule has 0 aromatic heterocycles. The van der Waals surface area contributed by atoms with E-state index in [0.29, 0.717) is 5.69 Å². The van der Waals surface area contributed by atoms with E-state index in [9.17, 15) is 4.79 Å². The van der Waals surface area contributed by atoms with Crippen LogP contribution in [0.25, 0.3) is 0 Å². The maximum atomic E-state index is 11.1.